The van der Waals surface area contributed by atoms with Crippen LogP contribution in [0.2, 0.25) is 0 Å². The largest absolute Gasteiger partial charge is 0.493 e. The number of nitriles is 1. The van der Waals surface area contributed by atoms with Gasteiger partial charge in [0.1, 0.15) is 11.6 Å². The van der Waals surface area contributed by atoms with Crippen molar-refractivity contribution in [2.75, 3.05) is 14.2 Å². The van der Waals surface area contributed by atoms with Crippen LogP contribution < -0.4 is 9.47 Å². The lowest BCUT2D eigenvalue weighted by Gasteiger charge is -2.10. The van der Waals surface area contributed by atoms with Gasteiger partial charge in [0.2, 0.25) is 0 Å². The van der Waals surface area contributed by atoms with Crippen LogP contribution in [0.3, 0.4) is 0 Å². The predicted octanol–water partition coefficient (Wildman–Crippen LogP) is 4.06. The first kappa shape index (κ1) is 18.4. The molecule has 6 nitrogen and oxygen atoms in total. The molecule has 0 spiro atoms. The SMILES string of the molecule is COc1cccc(-c2nc(COC(=O)c3ccc(C#N)cc3)cs2)c1OC. The van der Waals surface area contributed by atoms with Crippen molar-refractivity contribution in [2.24, 2.45) is 0 Å². The molecule has 0 saturated heterocycles. The van der Waals surface area contributed by atoms with E-state index in [0.29, 0.717) is 28.3 Å². The first-order valence-corrected chi connectivity index (χ1v) is 8.87. The van der Waals surface area contributed by atoms with Crippen molar-refractivity contribution in [1.29, 1.82) is 5.26 Å². The van der Waals surface area contributed by atoms with E-state index in [4.69, 9.17) is 19.5 Å². The van der Waals surface area contributed by atoms with E-state index < -0.39 is 5.97 Å². The predicted molar refractivity (Wildman–Crippen MR) is 101 cm³/mol. The molecule has 0 unspecified atom stereocenters. The average Bonchev–Trinajstić information content (AvgIpc) is 3.20. The highest BCUT2D eigenvalue weighted by Crippen LogP contribution is 2.39. The van der Waals surface area contributed by atoms with Crippen LogP contribution in [0.4, 0.5) is 0 Å². The zero-order valence-corrected chi connectivity index (χ0v) is 15.6. The molecule has 3 aromatic rings. The zero-order chi connectivity index (χ0) is 19.2. The summed E-state index contributed by atoms with van der Waals surface area (Å²) >= 11 is 1.43. The van der Waals surface area contributed by atoms with Crippen LogP contribution in [-0.4, -0.2) is 25.2 Å². The summed E-state index contributed by atoms with van der Waals surface area (Å²) in [5.41, 5.74) is 2.33. The third kappa shape index (κ3) is 4.07. The van der Waals surface area contributed by atoms with E-state index >= 15 is 0 Å². The van der Waals surface area contributed by atoms with Crippen LogP contribution in [0.25, 0.3) is 10.6 Å². The van der Waals surface area contributed by atoms with Gasteiger partial charge in [-0.1, -0.05) is 6.07 Å². The molecule has 0 atom stereocenters. The van der Waals surface area contributed by atoms with Crippen LogP contribution in [-0.2, 0) is 11.3 Å². The fourth-order valence-electron chi connectivity index (χ4n) is 2.46. The molecule has 0 aliphatic rings. The van der Waals surface area contributed by atoms with Crippen molar-refractivity contribution in [1.82, 2.24) is 4.98 Å². The number of para-hydroxylation sites is 1. The van der Waals surface area contributed by atoms with Crippen molar-refractivity contribution in [3.05, 3.63) is 64.7 Å². The molecule has 0 bridgehead atoms. The van der Waals surface area contributed by atoms with E-state index in [-0.39, 0.29) is 6.61 Å². The van der Waals surface area contributed by atoms with Crippen molar-refractivity contribution >= 4 is 17.3 Å². The van der Waals surface area contributed by atoms with Gasteiger partial charge in [0.15, 0.2) is 11.5 Å². The van der Waals surface area contributed by atoms with Gasteiger partial charge in [-0.25, -0.2) is 9.78 Å². The third-order valence-corrected chi connectivity index (χ3v) is 4.71. The number of benzene rings is 2. The highest BCUT2D eigenvalue weighted by molar-refractivity contribution is 7.13. The van der Waals surface area contributed by atoms with Crippen LogP contribution in [0.15, 0.2) is 47.8 Å². The van der Waals surface area contributed by atoms with Crippen molar-refractivity contribution in [3.8, 4) is 28.1 Å². The van der Waals surface area contributed by atoms with E-state index in [1.165, 1.54) is 11.3 Å². The minimum Gasteiger partial charge on any atom is -0.493 e. The Balaban J connectivity index is 1.71. The Morgan fingerprint density at radius 2 is 1.93 bits per heavy atom. The molecule has 3 rings (SSSR count). The van der Waals surface area contributed by atoms with Crippen LogP contribution >= 0.6 is 11.3 Å². The van der Waals surface area contributed by atoms with Crippen molar-refractivity contribution in [3.63, 3.8) is 0 Å². The summed E-state index contributed by atoms with van der Waals surface area (Å²) in [6.07, 6.45) is 0. The Bertz CT molecular complexity index is 990. The van der Waals surface area contributed by atoms with Crippen LogP contribution in [0, 0.1) is 11.3 Å². The van der Waals surface area contributed by atoms with Crippen LogP contribution in [0.5, 0.6) is 11.5 Å². The number of hydrogen-bond donors (Lipinski definition) is 0. The van der Waals surface area contributed by atoms with E-state index in [2.05, 4.69) is 4.98 Å². The minimum atomic E-state index is -0.465. The Morgan fingerprint density at radius 3 is 2.59 bits per heavy atom. The molecular formula is C20H16N2O4S. The van der Waals surface area contributed by atoms with Gasteiger partial charge in [-0.15, -0.1) is 11.3 Å². The van der Waals surface area contributed by atoms with Gasteiger partial charge >= 0.3 is 5.97 Å². The fraction of sp³-hybridized carbons (Fsp3) is 0.150. The molecule has 0 aliphatic carbocycles. The summed E-state index contributed by atoms with van der Waals surface area (Å²) in [5.74, 6) is 0.766. The third-order valence-electron chi connectivity index (χ3n) is 3.79. The summed E-state index contributed by atoms with van der Waals surface area (Å²) in [6.45, 7) is 0.0572. The quantitative estimate of drug-likeness (QED) is 0.600. The second-order valence-electron chi connectivity index (χ2n) is 5.45. The number of ether oxygens (including phenoxy) is 3. The van der Waals surface area contributed by atoms with Gasteiger partial charge in [-0.2, -0.15) is 5.26 Å². The van der Waals surface area contributed by atoms with Gasteiger partial charge in [-0.05, 0) is 36.4 Å². The maximum atomic E-state index is 12.1. The molecule has 0 N–H and O–H groups in total. The molecule has 0 fully saturated rings. The number of esters is 1. The Labute approximate surface area is 160 Å². The first-order chi connectivity index (χ1) is 13.2. The molecule has 2 aromatic carbocycles. The molecule has 136 valence electrons. The number of nitrogens with zero attached hydrogens (tertiary/aromatic N) is 2. The normalized spacial score (nSPS) is 10.1. The lowest BCUT2D eigenvalue weighted by Crippen LogP contribution is -2.05. The smallest absolute Gasteiger partial charge is 0.338 e. The van der Waals surface area contributed by atoms with E-state index in [1.807, 2.05) is 29.6 Å². The molecular weight excluding hydrogens is 364 g/mol. The zero-order valence-electron chi connectivity index (χ0n) is 14.8. The fourth-order valence-corrected chi connectivity index (χ4v) is 3.28. The topological polar surface area (TPSA) is 81.4 Å². The number of methoxy groups -OCH3 is 2. The van der Waals surface area contributed by atoms with Gasteiger partial charge in [0.05, 0.1) is 42.7 Å². The first-order valence-electron chi connectivity index (χ1n) is 7.99. The molecule has 0 radical (unpaired) electrons. The molecule has 0 saturated carbocycles. The molecule has 0 aliphatic heterocycles. The number of aromatic nitrogens is 1. The summed E-state index contributed by atoms with van der Waals surface area (Å²) in [5, 5.41) is 11.4. The second kappa shape index (κ2) is 8.34. The van der Waals surface area contributed by atoms with Gasteiger partial charge in [0, 0.05) is 5.38 Å². The highest BCUT2D eigenvalue weighted by Gasteiger charge is 2.15. The maximum Gasteiger partial charge on any atom is 0.338 e. The van der Waals surface area contributed by atoms with E-state index in [1.54, 1.807) is 38.5 Å². The number of carbonyl (C=O) groups is 1. The van der Waals surface area contributed by atoms with Gasteiger partial charge in [-0.3, -0.25) is 0 Å². The number of rotatable bonds is 6. The maximum absolute atomic E-state index is 12.1. The monoisotopic (exact) mass is 380 g/mol. The minimum absolute atomic E-state index is 0.0572. The molecule has 27 heavy (non-hydrogen) atoms. The number of thiazole rings is 1. The molecule has 0 amide bonds. The summed E-state index contributed by atoms with van der Waals surface area (Å²) < 4.78 is 16.1. The Morgan fingerprint density at radius 1 is 1.15 bits per heavy atom. The highest BCUT2D eigenvalue weighted by atomic mass is 32.1. The Kier molecular flexibility index (Phi) is 5.69. The second-order valence-corrected chi connectivity index (χ2v) is 6.31. The summed E-state index contributed by atoms with van der Waals surface area (Å²) in [7, 11) is 3.16. The lowest BCUT2D eigenvalue weighted by atomic mass is 10.1. The number of carbonyl (C=O) groups excluding carboxylic acids is 1. The molecule has 1 heterocycles. The average molecular weight is 380 g/mol. The van der Waals surface area contributed by atoms with E-state index in [0.717, 1.165) is 10.6 Å². The Hall–Kier alpha value is -3.37. The lowest BCUT2D eigenvalue weighted by molar-refractivity contribution is 0.0468. The molecule has 7 heteroatoms. The number of hydrogen-bond acceptors (Lipinski definition) is 7. The van der Waals surface area contributed by atoms with Crippen molar-refractivity contribution in [2.45, 2.75) is 6.61 Å². The summed E-state index contributed by atoms with van der Waals surface area (Å²) in [6, 6.07) is 13.9. The van der Waals surface area contributed by atoms with Crippen molar-refractivity contribution < 1.29 is 19.0 Å². The van der Waals surface area contributed by atoms with E-state index in [9.17, 15) is 4.79 Å². The summed E-state index contributed by atoms with van der Waals surface area (Å²) in [4.78, 5) is 16.6. The van der Waals surface area contributed by atoms with Gasteiger partial charge in [0.25, 0.3) is 0 Å². The molecule has 1 aromatic heterocycles. The van der Waals surface area contributed by atoms with Crippen LogP contribution in [0.1, 0.15) is 21.6 Å². The van der Waals surface area contributed by atoms with Gasteiger partial charge < -0.3 is 14.2 Å². The standard InChI is InChI=1S/C20H16N2O4S/c1-24-17-5-3-4-16(18(17)25-2)19-22-15(12-27-19)11-26-20(23)14-8-6-13(10-21)7-9-14/h3-9,12H,11H2,1-2H3.